The highest BCUT2D eigenvalue weighted by Crippen LogP contribution is 2.36. The normalized spacial score (nSPS) is 27.0. The number of aryl methyl sites for hydroxylation is 1. The maximum atomic E-state index is 8.48. The van der Waals surface area contributed by atoms with E-state index < -0.39 is 0 Å². The van der Waals surface area contributed by atoms with Crippen molar-refractivity contribution in [2.45, 2.75) is 96.0 Å². The number of ether oxygens (including phenoxy) is 1. The van der Waals surface area contributed by atoms with Crippen LogP contribution in [0.15, 0.2) is 48.6 Å². The minimum Gasteiger partial charge on any atom is -0.378 e. The molecule has 2 heteroatoms. The monoisotopic (exact) mass is 419 g/mol. The zero-order chi connectivity index (χ0) is 21.7. The van der Waals surface area contributed by atoms with Crippen LogP contribution >= 0.6 is 0 Å². The standard InChI is InChI=1S/C29H41NO/c1-2-8-24-14-16-27(17-15-24)28-18-20-29(21-19-28)31-23-26-12-10-25(11-13-26)9-6-4-3-5-7-22-30/h3-5,7,14-17,25-26,28-29H,2,6,8-13,18-21,23H2,1H3/b4-3+,7-5+/t25-,26-,28-,29-. The summed E-state index contributed by atoms with van der Waals surface area (Å²) in [5.41, 5.74) is 3.01. The van der Waals surface area contributed by atoms with Gasteiger partial charge in [-0.25, -0.2) is 0 Å². The number of nitriles is 1. The third kappa shape index (κ3) is 8.30. The average Bonchev–Trinajstić information content (AvgIpc) is 2.82. The fourth-order valence-corrected chi connectivity index (χ4v) is 5.37. The van der Waals surface area contributed by atoms with E-state index in [1.165, 1.54) is 87.8 Å². The van der Waals surface area contributed by atoms with E-state index >= 15 is 0 Å². The second-order valence-corrected chi connectivity index (χ2v) is 9.68. The molecule has 0 radical (unpaired) electrons. The SMILES string of the molecule is CCCc1ccc([C@H]2CC[C@H](OC[C@H]3CC[C@H](CC/C=C/C=C/C#N)CC3)CC2)cc1. The molecule has 0 saturated heterocycles. The highest BCUT2D eigenvalue weighted by atomic mass is 16.5. The van der Waals surface area contributed by atoms with Crippen molar-refractivity contribution in [3.63, 3.8) is 0 Å². The molecule has 0 aromatic heterocycles. The Kier molecular flexibility index (Phi) is 10.4. The Morgan fingerprint density at radius 2 is 1.65 bits per heavy atom. The molecule has 1 aromatic carbocycles. The fraction of sp³-hybridized carbons (Fsp3) is 0.621. The molecule has 2 saturated carbocycles. The summed E-state index contributed by atoms with van der Waals surface area (Å²) < 4.78 is 6.38. The van der Waals surface area contributed by atoms with Crippen LogP contribution in [0.4, 0.5) is 0 Å². The summed E-state index contributed by atoms with van der Waals surface area (Å²) in [7, 11) is 0. The van der Waals surface area contributed by atoms with E-state index in [9.17, 15) is 0 Å². The molecule has 3 rings (SSSR count). The predicted molar refractivity (Wildman–Crippen MR) is 130 cm³/mol. The summed E-state index contributed by atoms with van der Waals surface area (Å²) >= 11 is 0. The van der Waals surface area contributed by atoms with Gasteiger partial charge in [0.2, 0.25) is 0 Å². The summed E-state index contributed by atoms with van der Waals surface area (Å²) in [6, 6.07) is 11.4. The zero-order valence-corrected chi connectivity index (χ0v) is 19.5. The Morgan fingerprint density at radius 3 is 2.32 bits per heavy atom. The maximum absolute atomic E-state index is 8.48. The van der Waals surface area contributed by atoms with E-state index in [1.54, 1.807) is 0 Å². The molecule has 1 aromatic rings. The summed E-state index contributed by atoms with van der Waals surface area (Å²) in [6.07, 6.45) is 23.3. The van der Waals surface area contributed by atoms with Crippen LogP contribution in [0.2, 0.25) is 0 Å². The number of allylic oxidation sites excluding steroid dienone is 4. The van der Waals surface area contributed by atoms with Crippen LogP contribution in [0.5, 0.6) is 0 Å². The van der Waals surface area contributed by atoms with Gasteiger partial charge >= 0.3 is 0 Å². The number of benzene rings is 1. The first-order valence-corrected chi connectivity index (χ1v) is 12.7. The topological polar surface area (TPSA) is 33.0 Å². The zero-order valence-electron chi connectivity index (χ0n) is 19.5. The van der Waals surface area contributed by atoms with E-state index in [-0.39, 0.29) is 0 Å². The molecule has 0 N–H and O–H groups in total. The molecule has 0 unspecified atom stereocenters. The number of rotatable bonds is 10. The highest BCUT2D eigenvalue weighted by Gasteiger charge is 2.25. The van der Waals surface area contributed by atoms with Crippen LogP contribution in [-0.2, 0) is 11.2 Å². The quantitative estimate of drug-likeness (QED) is 0.285. The van der Waals surface area contributed by atoms with E-state index in [4.69, 9.17) is 10.00 Å². The lowest BCUT2D eigenvalue weighted by Crippen LogP contribution is -2.25. The van der Waals surface area contributed by atoms with E-state index in [0.717, 1.165) is 30.8 Å². The Bertz CT molecular complexity index is 710. The number of hydrogen-bond donors (Lipinski definition) is 0. The maximum Gasteiger partial charge on any atom is 0.0912 e. The second kappa shape index (κ2) is 13.5. The van der Waals surface area contributed by atoms with Gasteiger partial charge in [-0.3, -0.25) is 0 Å². The van der Waals surface area contributed by atoms with Crippen molar-refractivity contribution in [3.8, 4) is 6.07 Å². The highest BCUT2D eigenvalue weighted by molar-refractivity contribution is 5.26. The van der Waals surface area contributed by atoms with Gasteiger partial charge in [0.05, 0.1) is 12.2 Å². The summed E-state index contributed by atoms with van der Waals surface area (Å²) in [6.45, 7) is 3.23. The van der Waals surface area contributed by atoms with Gasteiger partial charge in [-0.15, -0.1) is 0 Å². The molecule has 2 nitrogen and oxygen atoms in total. The molecule has 2 aliphatic rings. The second-order valence-electron chi connectivity index (χ2n) is 9.68. The molecule has 31 heavy (non-hydrogen) atoms. The molecule has 0 bridgehead atoms. The van der Waals surface area contributed by atoms with Crippen molar-refractivity contribution < 1.29 is 4.74 Å². The van der Waals surface area contributed by atoms with E-state index in [2.05, 4.69) is 37.3 Å². The molecule has 2 aliphatic carbocycles. The summed E-state index contributed by atoms with van der Waals surface area (Å²) in [4.78, 5) is 0. The molecule has 168 valence electrons. The van der Waals surface area contributed by atoms with Gasteiger partial charge in [-0.05, 0) is 86.7 Å². The molecule has 0 aliphatic heterocycles. The van der Waals surface area contributed by atoms with Gasteiger partial charge in [-0.1, -0.05) is 68.7 Å². The van der Waals surface area contributed by atoms with Crippen molar-refractivity contribution in [1.82, 2.24) is 0 Å². The lowest BCUT2D eigenvalue weighted by Gasteiger charge is -2.32. The largest absolute Gasteiger partial charge is 0.378 e. The minimum atomic E-state index is 0.486. The number of hydrogen-bond acceptors (Lipinski definition) is 2. The third-order valence-electron chi connectivity index (χ3n) is 7.36. The van der Waals surface area contributed by atoms with Crippen LogP contribution in [0, 0.1) is 23.2 Å². The van der Waals surface area contributed by atoms with Crippen LogP contribution in [0.3, 0.4) is 0 Å². The Hall–Kier alpha value is -1.85. The first-order chi connectivity index (χ1) is 15.3. The smallest absolute Gasteiger partial charge is 0.0912 e. The first-order valence-electron chi connectivity index (χ1n) is 12.7. The third-order valence-corrected chi connectivity index (χ3v) is 7.36. The fourth-order valence-electron chi connectivity index (χ4n) is 5.37. The molecule has 0 amide bonds. The van der Waals surface area contributed by atoms with Gasteiger partial charge in [0.15, 0.2) is 0 Å². The van der Waals surface area contributed by atoms with Gasteiger partial charge in [-0.2, -0.15) is 5.26 Å². The van der Waals surface area contributed by atoms with Crippen molar-refractivity contribution in [1.29, 1.82) is 5.26 Å². The average molecular weight is 420 g/mol. The molecule has 2 fully saturated rings. The van der Waals surface area contributed by atoms with Crippen molar-refractivity contribution in [3.05, 3.63) is 59.7 Å². The Balaban J connectivity index is 1.28. The molecular formula is C29H41NO. The summed E-state index contributed by atoms with van der Waals surface area (Å²) in [5.74, 6) is 2.38. The van der Waals surface area contributed by atoms with E-state index in [1.807, 2.05) is 18.2 Å². The Labute approximate surface area is 190 Å². The molecule has 0 heterocycles. The molecule has 0 atom stereocenters. The summed E-state index contributed by atoms with van der Waals surface area (Å²) in [5, 5.41) is 8.48. The molecular weight excluding hydrogens is 378 g/mol. The van der Waals surface area contributed by atoms with Gasteiger partial charge in [0.1, 0.15) is 0 Å². The minimum absolute atomic E-state index is 0.486. The van der Waals surface area contributed by atoms with E-state index in [0.29, 0.717) is 6.10 Å². The Morgan fingerprint density at radius 1 is 0.935 bits per heavy atom. The van der Waals surface area contributed by atoms with Gasteiger partial charge in [0, 0.05) is 12.7 Å². The van der Waals surface area contributed by atoms with Crippen LogP contribution in [-0.4, -0.2) is 12.7 Å². The predicted octanol–water partition coefficient (Wildman–Crippen LogP) is 7.90. The van der Waals surface area contributed by atoms with Crippen molar-refractivity contribution in [2.24, 2.45) is 11.8 Å². The van der Waals surface area contributed by atoms with Crippen LogP contribution in [0.25, 0.3) is 0 Å². The van der Waals surface area contributed by atoms with Gasteiger partial charge in [0.25, 0.3) is 0 Å². The van der Waals surface area contributed by atoms with Crippen LogP contribution < -0.4 is 0 Å². The van der Waals surface area contributed by atoms with Crippen molar-refractivity contribution in [2.75, 3.05) is 6.61 Å². The molecule has 0 spiro atoms. The lowest BCUT2D eigenvalue weighted by molar-refractivity contribution is -0.00474. The van der Waals surface area contributed by atoms with Crippen molar-refractivity contribution >= 4 is 0 Å². The number of nitrogens with zero attached hydrogens (tertiary/aromatic N) is 1. The van der Waals surface area contributed by atoms with Crippen LogP contribution in [0.1, 0.15) is 94.6 Å². The lowest BCUT2D eigenvalue weighted by atomic mass is 9.80. The van der Waals surface area contributed by atoms with Gasteiger partial charge < -0.3 is 4.74 Å². The first kappa shape index (κ1) is 23.8.